The number of hydrogen-bond acceptors (Lipinski definition) is 5. The van der Waals surface area contributed by atoms with Gasteiger partial charge in [0, 0.05) is 6.92 Å². The molecule has 1 aromatic rings. The van der Waals surface area contributed by atoms with Crippen molar-refractivity contribution in [2.45, 2.75) is 33.3 Å². The highest BCUT2D eigenvalue weighted by molar-refractivity contribution is 6.32. The van der Waals surface area contributed by atoms with E-state index in [2.05, 4.69) is 4.99 Å². The van der Waals surface area contributed by atoms with Gasteiger partial charge in [-0.1, -0.05) is 18.5 Å². The third-order valence-corrected chi connectivity index (χ3v) is 3.46. The Morgan fingerprint density at radius 2 is 2.18 bits per heavy atom. The van der Waals surface area contributed by atoms with Crippen molar-refractivity contribution in [1.29, 1.82) is 0 Å². The Balaban J connectivity index is 2.38. The number of cyclic esters (lactones) is 1. The molecule has 0 aliphatic carbocycles. The van der Waals surface area contributed by atoms with Gasteiger partial charge in [-0.3, -0.25) is 0 Å². The minimum Gasteiger partial charge on any atom is -0.493 e. The minimum atomic E-state index is -0.479. The third kappa shape index (κ3) is 3.60. The summed E-state index contributed by atoms with van der Waals surface area (Å²) in [6.45, 7) is 5.60. The summed E-state index contributed by atoms with van der Waals surface area (Å²) in [5, 5.41) is 0.415. The maximum absolute atomic E-state index is 11.6. The minimum absolute atomic E-state index is 0.0210. The molecule has 1 heterocycles. The van der Waals surface area contributed by atoms with E-state index in [-0.39, 0.29) is 11.8 Å². The molecule has 0 spiro atoms. The lowest BCUT2D eigenvalue weighted by Gasteiger charge is -2.17. The molecular weight excluding hydrogens is 306 g/mol. The van der Waals surface area contributed by atoms with E-state index in [9.17, 15) is 4.79 Å². The summed E-state index contributed by atoms with van der Waals surface area (Å²) in [6, 6.07) is 3.44. The summed E-state index contributed by atoms with van der Waals surface area (Å²) in [5.41, 5.74) is 0.912. The molecule has 22 heavy (non-hydrogen) atoms. The Morgan fingerprint density at radius 3 is 2.73 bits per heavy atom. The lowest BCUT2D eigenvalue weighted by atomic mass is 10.1. The van der Waals surface area contributed by atoms with Crippen LogP contribution < -0.4 is 9.47 Å². The zero-order valence-electron chi connectivity index (χ0n) is 13.0. The van der Waals surface area contributed by atoms with Gasteiger partial charge < -0.3 is 14.2 Å². The fourth-order valence-electron chi connectivity index (χ4n) is 1.90. The van der Waals surface area contributed by atoms with Crippen LogP contribution in [-0.2, 0) is 9.53 Å². The number of methoxy groups -OCH3 is 1. The molecule has 0 amide bonds. The van der Waals surface area contributed by atoms with Gasteiger partial charge >= 0.3 is 5.97 Å². The molecule has 0 fully saturated rings. The molecule has 1 atom stereocenters. The molecule has 1 unspecified atom stereocenters. The van der Waals surface area contributed by atoms with E-state index in [1.54, 1.807) is 25.1 Å². The Labute approximate surface area is 134 Å². The highest BCUT2D eigenvalue weighted by atomic mass is 35.5. The number of benzene rings is 1. The van der Waals surface area contributed by atoms with Gasteiger partial charge in [-0.2, -0.15) is 0 Å². The molecule has 6 heteroatoms. The fourth-order valence-corrected chi connectivity index (χ4v) is 2.16. The Morgan fingerprint density at radius 1 is 1.45 bits per heavy atom. The first-order chi connectivity index (χ1) is 10.4. The van der Waals surface area contributed by atoms with Gasteiger partial charge in [0.25, 0.3) is 0 Å². The number of rotatable bonds is 5. The first-order valence-corrected chi connectivity index (χ1v) is 7.35. The average Bonchev–Trinajstić information content (AvgIpc) is 2.79. The van der Waals surface area contributed by atoms with Gasteiger partial charge in [-0.15, -0.1) is 0 Å². The van der Waals surface area contributed by atoms with Gasteiger partial charge in [0.2, 0.25) is 0 Å². The van der Waals surface area contributed by atoms with Crippen molar-refractivity contribution in [2.24, 2.45) is 4.99 Å². The molecule has 118 valence electrons. The van der Waals surface area contributed by atoms with Crippen LogP contribution in [0.15, 0.2) is 22.8 Å². The van der Waals surface area contributed by atoms with Gasteiger partial charge in [0.1, 0.15) is 0 Å². The lowest BCUT2D eigenvalue weighted by molar-refractivity contribution is -0.130. The molecule has 1 aliphatic rings. The second kappa shape index (κ2) is 6.83. The van der Waals surface area contributed by atoms with E-state index in [0.29, 0.717) is 28.0 Å². The van der Waals surface area contributed by atoms with Crippen LogP contribution in [0.3, 0.4) is 0 Å². The quantitative estimate of drug-likeness (QED) is 0.610. The highest BCUT2D eigenvalue weighted by Crippen LogP contribution is 2.38. The molecule has 0 bridgehead atoms. The maximum Gasteiger partial charge on any atom is 0.363 e. The van der Waals surface area contributed by atoms with Gasteiger partial charge in [-0.05, 0) is 37.1 Å². The van der Waals surface area contributed by atoms with Crippen LogP contribution in [-0.4, -0.2) is 25.1 Å². The number of aliphatic imine (C=N–C) groups is 1. The number of halogens is 1. The van der Waals surface area contributed by atoms with Gasteiger partial charge in [0.15, 0.2) is 23.1 Å². The van der Waals surface area contributed by atoms with Crippen LogP contribution in [0, 0.1) is 0 Å². The molecular formula is C16H18ClNO4. The lowest BCUT2D eigenvalue weighted by Crippen LogP contribution is -2.11. The van der Waals surface area contributed by atoms with E-state index in [4.69, 9.17) is 25.8 Å². The second-order valence-electron chi connectivity index (χ2n) is 4.92. The van der Waals surface area contributed by atoms with Crippen LogP contribution in [0.1, 0.15) is 32.8 Å². The normalized spacial score (nSPS) is 17.2. The van der Waals surface area contributed by atoms with Gasteiger partial charge in [0.05, 0.1) is 18.2 Å². The van der Waals surface area contributed by atoms with Crippen molar-refractivity contribution in [3.05, 3.63) is 28.4 Å². The SMILES string of the molecule is CCC(C)Oc1c(Cl)cc(C=C2N=C(C)OC2=O)cc1OC. The molecule has 2 rings (SSSR count). The van der Waals surface area contributed by atoms with Crippen molar-refractivity contribution < 1.29 is 19.0 Å². The monoisotopic (exact) mass is 323 g/mol. The molecule has 0 N–H and O–H groups in total. The molecule has 0 aromatic heterocycles. The Bertz CT molecular complexity index is 652. The third-order valence-electron chi connectivity index (χ3n) is 3.18. The van der Waals surface area contributed by atoms with Crippen molar-refractivity contribution in [1.82, 2.24) is 0 Å². The number of hydrogen-bond donors (Lipinski definition) is 0. The number of nitrogens with zero attached hydrogens (tertiary/aromatic N) is 1. The van der Waals surface area contributed by atoms with E-state index < -0.39 is 5.97 Å². The predicted octanol–water partition coefficient (Wildman–Crippen LogP) is 3.84. The van der Waals surface area contributed by atoms with E-state index in [1.165, 1.54) is 7.11 Å². The number of carbonyl (C=O) groups is 1. The molecule has 0 radical (unpaired) electrons. The van der Waals surface area contributed by atoms with E-state index >= 15 is 0 Å². The Kier molecular flexibility index (Phi) is 5.08. The van der Waals surface area contributed by atoms with E-state index in [0.717, 1.165) is 6.42 Å². The van der Waals surface area contributed by atoms with Crippen molar-refractivity contribution >= 4 is 29.5 Å². The predicted molar refractivity (Wildman–Crippen MR) is 85.6 cm³/mol. The highest BCUT2D eigenvalue weighted by Gasteiger charge is 2.20. The summed E-state index contributed by atoms with van der Waals surface area (Å²) in [6.07, 6.45) is 2.47. The summed E-state index contributed by atoms with van der Waals surface area (Å²) in [7, 11) is 1.54. The first kappa shape index (κ1) is 16.4. The largest absolute Gasteiger partial charge is 0.493 e. The average molecular weight is 324 g/mol. The number of ether oxygens (including phenoxy) is 3. The fraction of sp³-hybridized carbons (Fsp3) is 0.375. The molecule has 1 aromatic carbocycles. The van der Waals surface area contributed by atoms with Crippen LogP contribution in [0.2, 0.25) is 5.02 Å². The zero-order chi connectivity index (χ0) is 16.3. The molecule has 0 saturated heterocycles. The first-order valence-electron chi connectivity index (χ1n) is 6.98. The standard InChI is InChI=1S/C16H18ClNO4/c1-5-9(2)21-15-12(17)6-11(8-14(15)20-4)7-13-16(19)22-10(3)18-13/h6-9H,5H2,1-4H3. The summed E-state index contributed by atoms with van der Waals surface area (Å²) in [4.78, 5) is 15.6. The second-order valence-corrected chi connectivity index (χ2v) is 5.33. The molecule has 0 saturated carbocycles. The van der Waals surface area contributed by atoms with Crippen molar-refractivity contribution in [3.8, 4) is 11.5 Å². The Hall–Kier alpha value is -2.01. The van der Waals surface area contributed by atoms with Crippen molar-refractivity contribution in [3.63, 3.8) is 0 Å². The molecule has 5 nitrogen and oxygen atoms in total. The van der Waals surface area contributed by atoms with Crippen LogP contribution >= 0.6 is 11.6 Å². The van der Waals surface area contributed by atoms with Crippen molar-refractivity contribution in [2.75, 3.05) is 7.11 Å². The van der Waals surface area contributed by atoms with Crippen LogP contribution in [0.25, 0.3) is 6.08 Å². The smallest absolute Gasteiger partial charge is 0.363 e. The summed E-state index contributed by atoms with van der Waals surface area (Å²) < 4.78 is 16.0. The van der Waals surface area contributed by atoms with Crippen LogP contribution in [0.5, 0.6) is 11.5 Å². The topological polar surface area (TPSA) is 57.1 Å². The summed E-state index contributed by atoms with van der Waals surface area (Å²) >= 11 is 6.28. The van der Waals surface area contributed by atoms with Crippen LogP contribution in [0.4, 0.5) is 0 Å². The van der Waals surface area contributed by atoms with E-state index in [1.807, 2.05) is 13.8 Å². The number of carbonyl (C=O) groups excluding carboxylic acids is 1. The summed E-state index contributed by atoms with van der Waals surface area (Å²) in [5.74, 6) is 0.847. The number of esters is 1. The maximum atomic E-state index is 11.6. The molecule has 1 aliphatic heterocycles. The zero-order valence-corrected chi connectivity index (χ0v) is 13.7. The van der Waals surface area contributed by atoms with Gasteiger partial charge in [-0.25, -0.2) is 9.79 Å².